The minimum absolute atomic E-state index is 0.111. The number of rotatable bonds is 16. The number of carbonyl (C=O) groups is 1. The molecular weight excluding hydrogens is 544 g/mol. The lowest BCUT2D eigenvalue weighted by molar-refractivity contribution is 0.103. The van der Waals surface area contributed by atoms with Crippen LogP contribution in [-0.2, 0) is 16.4 Å². The molecule has 4 aromatic rings. The van der Waals surface area contributed by atoms with Crippen LogP contribution in [0.15, 0.2) is 82.1 Å². The second-order valence-electron chi connectivity index (χ2n) is 11.0. The van der Waals surface area contributed by atoms with Gasteiger partial charge in [0.05, 0.1) is 16.1 Å². The normalized spacial score (nSPS) is 11.8. The predicted molar refractivity (Wildman–Crippen MR) is 172 cm³/mol. The maximum absolute atomic E-state index is 13.9. The van der Waals surface area contributed by atoms with E-state index in [4.69, 9.17) is 4.42 Å². The standard InChI is InChI=1S/C35H44N2O4S/c1-5-8-13-33-34(31-12-9-10-14-32(31)41-33)35(38)28-17-19-29(20-18-28)37(26-11-25-36(23-6-2)24-7-3)42(39,40)30-21-15-27(4)16-22-30/h9-10,12,14-22H,5-8,11,13,23-26H2,1-4H3. The third kappa shape index (κ3) is 7.31. The van der Waals surface area contributed by atoms with E-state index >= 15 is 0 Å². The number of anilines is 1. The third-order valence-electron chi connectivity index (χ3n) is 7.59. The highest BCUT2D eigenvalue weighted by atomic mass is 32.2. The van der Waals surface area contributed by atoms with Gasteiger partial charge in [-0.25, -0.2) is 8.42 Å². The van der Waals surface area contributed by atoms with E-state index in [1.807, 2.05) is 43.3 Å². The molecule has 42 heavy (non-hydrogen) atoms. The highest BCUT2D eigenvalue weighted by Crippen LogP contribution is 2.31. The van der Waals surface area contributed by atoms with Crippen molar-refractivity contribution >= 4 is 32.5 Å². The Labute approximate surface area is 251 Å². The molecule has 0 N–H and O–H groups in total. The Balaban J connectivity index is 1.65. The molecule has 0 radical (unpaired) electrons. The van der Waals surface area contributed by atoms with Crippen LogP contribution < -0.4 is 4.31 Å². The van der Waals surface area contributed by atoms with Crippen molar-refractivity contribution in [1.82, 2.24) is 4.90 Å². The number of para-hydroxylation sites is 1. The van der Waals surface area contributed by atoms with Crippen molar-refractivity contribution in [3.05, 3.63) is 95.2 Å². The first-order valence-corrected chi connectivity index (χ1v) is 16.7. The van der Waals surface area contributed by atoms with Crippen LogP contribution in [0.4, 0.5) is 5.69 Å². The molecule has 0 fully saturated rings. The monoisotopic (exact) mass is 588 g/mol. The van der Waals surface area contributed by atoms with Crippen LogP contribution in [0.3, 0.4) is 0 Å². The topological polar surface area (TPSA) is 70.8 Å². The molecule has 1 aromatic heterocycles. The first kappa shape index (κ1) is 31.5. The second-order valence-corrected chi connectivity index (χ2v) is 12.8. The van der Waals surface area contributed by atoms with E-state index in [9.17, 15) is 13.2 Å². The molecule has 6 nitrogen and oxygen atoms in total. The van der Waals surface area contributed by atoms with E-state index in [1.54, 1.807) is 36.4 Å². The molecule has 0 amide bonds. The van der Waals surface area contributed by atoms with Gasteiger partial charge in [0.1, 0.15) is 11.3 Å². The molecule has 0 bridgehead atoms. The highest BCUT2D eigenvalue weighted by molar-refractivity contribution is 7.92. The Bertz CT molecular complexity index is 1550. The Morgan fingerprint density at radius 1 is 0.762 bits per heavy atom. The van der Waals surface area contributed by atoms with Gasteiger partial charge in [-0.15, -0.1) is 0 Å². The minimum Gasteiger partial charge on any atom is -0.460 e. The number of unbranched alkanes of at least 4 members (excludes halogenated alkanes) is 1. The zero-order valence-electron chi connectivity index (χ0n) is 25.4. The fourth-order valence-electron chi connectivity index (χ4n) is 5.41. The molecule has 4 rings (SSSR count). The van der Waals surface area contributed by atoms with Gasteiger partial charge in [-0.1, -0.05) is 63.1 Å². The number of ketones is 1. The van der Waals surface area contributed by atoms with Crippen LogP contribution in [0, 0.1) is 6.92 Å². The molecule has 0 atom stereocenters. The summed E-state index contributed by atoms with van der Waals surface area (Å²) in [5.74, 6) is 0.597. The quantitative estimate of drug-likeness (QED) is 0.124. The number of benzene rings is 3. The Morgan fingerprint density at radius 3 is 2.07 bits per heavy atom. The average Bonchev–Trinajstić information content (AvgIpc) is 3.36. The van der Waals surface area contributed by atoms with Crippen molar-refractivity contribution in [2.75, 3.05) is 30.5 Å². The fourth-order valence-corrected chi connectivity index (χ4v) is 6.92. The summed E-state index contributed by atoms with van der Waals surface area (Å²) in [4.78, 5) is 16.5. The van der Waals surface area contributed by atoms with E-state index in [1.165, 1.54) is 4.31 Å². The summed E-state index contributed by atoms with van der Waals surface area (Å²) >= 11 is 0. The lowest BCUT2D eigenvalue weighted by atomic mass is 9.98. The summed E-state index contributed by atoms with van der Waals surface area (Å²) < 4.78 is 35.4. The SMILES string of the molecule is CCCCc1oc2ccccc2c1C(=O)c1ccc(N(CCCN(CCC)CCC)S(=O)(=O)c2ccc(C)cc2)cc1. The zero-order chi connectivity index (χ0) is 30.1. The van der Waals surface area contributed by atoms with Crippen LogP contribution in [0.1, 0.15) is 80.1 Å². The lowest BCUT2D eigenvalue weighted by Gasteiger charge is -2.27. The van der Waals surface area contributed by atoms with Crippen LogP contribution in [0.5, 0.6) is 0 Å². The Hall–Kier alpha value is -3.42. The van der Waals surface area contributed by atoms with E-state index < -0.39 is 10.0 Å². The Morgan fingerprint density at radius 2 is 1.43 bits per heavy atom. The van der Waals surface area contributed by atoms with E-state index in [0.29, 0.717) is 47.5 Å². The van der Waals surface area contributed by atoms with Gasteiger partial charge in [-0.05, 0) is 94.7 Å². The summed E-state index contributed by atoms with van der Waals surface area (Å²) in [6.07, 6.45) is 5.45. The first-order valence-electron chi connectivity index (χ1n) is 15.3. The van der Waals surface area contributed by atoms with Crippen molar-refractivity contribution in [3.63, 3.8) is 0 Å². The molecule has 0 saturated heterocycles. The first-order chi connectivity index (χ1) is 20.3. The molecule has 0 spiro atoms. The van der Waals surface area contributed by atoms with E-state index in [0.717, 1.165) is 56.3 Å². The number of aryl methyl sites for hydroxylation is 2. The van der Waals surface area contributed by atoms with Crippen LogP contribution in [0.25, 0.3) is 11.0 Å². The zero-order valence-corrected chi connectivity index (χ0v) is 26.3. The van der Waals surface area contributed by atoms with Gasteiger partial charge in [0.25, 0.3) is 10.0 Å². The molecule has 1 heterocycles. The summed E-state index contributed by atoms with van der Waals surface area (Å²) in [5, 5.41) is 0.810. The predicted octanol–water partition coefficient (Wildman–Crippen LogP) is 8.02. The number of hydrogen-bond acceptors (Lipinski definition) is 5. The maximum Gasteiger partial charge on any atom is 0.264 e. The largest absolute Gasteiger partial charge is 0.460 e. The molecule has 0 aliphatic heterocycles. The summed E-state index contributed by atoms with van der Waals surface area (Å²) in [6.45, 7) is 11.6. The maximum atomic E-state index is 13.9. The van der Waals surface area contributed by atoms with Crippen molar-refractivity contribution < 1.29 is 17.6 Å². The van der Waals surface area contributed by atoms with E-state index in [2.05, 4.69) is 25.7 Å². The van der Waals surface area contributed by atoms with Crippen LogP contribution >= 0.6 is 0 Å². The molecule has 0 unspecified atom stereocenters. The van der Waals surface area contributed by atoms with Gasteiger partial charge in [0.2, 0.25) is 0 Å². The number of sulfonamides is 1. The fraction of sp³-hybridized carbons (Fsp3) is 0.400. The van der Waals surface area contributed by atoms with Crippen molar-refractivity contribution in [3.8, 4) is 0 Å². The van der Waals surface area contributed by atoms with Gasteiger partial charge < -0.3 is 9.32 Å². The van der Waals surface area contributed by atoms with Crippen LogP contribution in [-0.4, -0.2) is 45.3 Å². The van der Waals surface area contributed by atoms with Crippen molar-refractivity contribution in [1.29, 1.82) is 0 Å². The minimum atomic E-state index is -3.80. The summed E-state index contributed by atoms with van der Waals surface area (Å²) in [7, 11) is -3.80. The van der Waals surface area contributed by atoms with Gasteiger partial charge >= 0.3 is 0 Å². The molecule has 0 saturated carbocycles. The third-order valence-corrected chi connectivity index (χ3v) is 9.44. The summed E-state index contributed by atoms with van der Waals surface area (Å²) in [6, 6.07) is 21.6. The summed E-state index contributed by atoms with van der Waals surface area (Å²) in [5.41, 5.74) is 3.37. The van der Waals surface area contributed by atoms with Crippen molar-refractivity contribution in [2.45, 2.75) is 71.1 Å². The Kier molecular flexibility index (Phi) is 11.0. The second kappa shape index (κ2) is 14.7. The van der Waals surface area contributed by atoms with Gasteiger partial charge in [-0.3, -0.25) is 9.10 Å². The number of carbonyl (C=O) groups excluding carboxylic acids is 1. The van der Waals surface area contributed by atoms with Gasteiger partial charge in [0, 0.05) is 23.9 Å². The van der Waals surface area contributed by atoms with Crippen LogP contribution in [0.2, 0.25) is 0 Å². The number of nitrogens with zero attached hydrogens (tertiary/aromatic N) is 2. The number of furan rings is 1. The number of hydrogen-bond donors (Lipinski definition) is 0. The molecule has 7 heteroatoms. The smallest absolute Gasteiger partial charge is 0.264 e. The van der Waals surface area contributed by atoms with Crippen molar-refractivity contribution in [2.24, 2.45) is 0 Å². The molecule has 3 aromatic carbocycles. The molecule has 0 aliphatic rings. The van der Waals surface area contributed by atoms with Gasteiger partial charge in [-0.2, -0.15) is 0 Å². The lowest BCUT2D eigenvalue weighted by Crippen LogP contribution is -2.35. The molecule has 224 valence electrons. The van der Waals surface area contributed by atoms with Gasteiger partial charge in [0.15, 0.2) is 5.78 Å². The molecular formula is C35H44N2O4S. The highest BCUT2D eigenvalue weighted by Gasteiger charge is 2.26. The van der Waals surface area contributed by atoms with E-state index in [-0.39, 0.29) is 10.7 Å². The average molecular weight is 589 g/mol. The molecule has 0 aliphatic carbocycles. The number of fused-ring (bicyclic) bond motifs is 1.